The highest BCUT2D eigenvalue weighted by atomic mass is 35.5. The number of hydrogen-bond donors (Lipinski definition) is 2. The van der Waals surface area contributed by atoms with Gasteiger partial charge in [0.2, 0.25) is 0 Å². The van der Waals surface area contributed by atoms with Crippen LogP contribution in [0.3, 0.4) is 0 Å². The predicted molar refractivity (Wildman–Crippen MR) is 71.1 cm³/mol. The number of nitrogens with one attached hydrogen (secondary N) is 2. The lowest BCUT2D eigenvalue weighted by molar-refractivity contribution is 0.776. The standard InChI is InChI=1S/C12H12ClN3O2/c1-16-11(17)6-10(15-12(16)18)14-7-8-2-4-9(13)5-3-8/h2-6,14H,7H2,1H3,(H,15,18). The number of aromatic amines is 1. The Morgan fingerprint density at radius 3 is 2.56 bits per heavy atom. The summed E-state index contributed by atoms with van der Waals surface area (Å²) >= 11 is 5.78. The molecule has 6 heteroatoms. The van der Waals surface area contributed by atoms with Gasteiger partial charge in [-0.2, -0.15) is 0 Å². The number of halogens is 1. The van der Waals surface area contributed by atoms with Gasteiger partial charge in [0.15, 0.2) is 0 Å². The molecule has 1 aromatic carbocycles. The van der Waals surface area contributed by atoms with Crippen LogP contribution in [0.15, 0.2) is 39.9 Å². The maximum absolute atomic E-state index is 11.4. The van der Waals surface area contributed by atoms with Crippen LogP contribution in [0.2, 0.25) is 5.02 Å². The summed E-state index contributed by atoms with van der Waals surface area (Å²) in [6.07, 6.45) is 0. The molecule has 2 rings (SSSR count). The zero-order valence-electron chi connectivity index (χ0n) is 9.74. The Morgan fingerprint density at radius 2 is 1.94 bits per heavy atom. The van der Waals surface area contributed by atoms with Crippen LogP contribution in [0.4, 0.5) is 5.82 Å². The molecule has 0 bridgehead atoms. The first-order chi connectivity index (χ1) is 8.56. The van der Waals surface area contributed by atoms with E-state index in [-0.39, 0.29) is 5.56 Å². The van der Waals surface area contributed by atoms with Gasteiger partial charge in [-0.15, -0.1) is 0 Å². The zero-order chi connectivity index (χ0) is 13.1. The van der Waals surface area contributed by atoms with Crippen LogP contribution in [0.5, 0.6) is 0 Å². The number of nitrogens with zero attached hydrogens (tertiary/aromatic N) is 1. The molecule has 0 aliphatic rings. The van der Waals surface area contributed by atoms with E-state index in [1.165, 1.54) is 13.1 Å². The van der Waals surface area contributed by atoms with E-state index in [1.54, 1.807) is 12.1 Å². The van der Waals surface area contributed by atoms with Gasteiger partial charge in [0.1, 0.15) is 5.82 Å². The Morgan fingerprint density at radius 1 is 1.28 bits per heavy atom. The average Bonchev–Trinajstić information content (AvgIpc) is 2.35. The van der Waals surface area contributed by atoms with Crippen molar-refractivity contribution in [1.29, 1.82) is 0 Å². The third-order valence-electron chi connectivity index (χ3n) is 2.54. The van der Waals surface area contributed by atoms with E-state index in [0.717, 1.165) is 10.1 Å². The zero-order valence-corrected chi connectivity index (χ0v) is 10.5. The predicted octanol–water partition coefficient (Wildman–Crippen LogP) is 1.34. The Labute approximate surface area is 108 Å². The number of hydrogen-bond acceptors (Lipinski definition) is 3. The number of anilines is 1. The molecule has 0 spiro atoms. The number of rotatable bonds is 3. The molecule has 0 fully saturated rings. The molecule has 94 valence electrons. The molecule has 0 radical (unpaired) electrons. The van der Waals surface area contributed by atoms with Crippen molar-refractivity contribution in [3.05, 3.63) is 61.8 Å². The molecule has 1 heterocycles. The van der Waals surface area contributed by atoms with E-state index in [4.69, 9.17) is 11.6 Å². The number of aromatic nitrogens is 2. The van der Waals surface area contributed by atoms with Crippen molar-refractivity contribution in [3.8, 4) is 0 Å². The van der Waals surface area contributed by atoms with E-state index in [0.29, 0.717) is 17.4 Å². The van der Waals surface area contributed by atoms with Crippen LogP contribution in [0, 0.1) is 0 Å². The third-order valence-corrected chi connectivity index (χ3v) is 2.79. The van der Waals surface area contributed by atoms with Crippen LogP contribution in [-0.4, -0.2) is 9.55 Å². The summed E-state index contributed by atoms with van der Waals surface area (Å²) in [6.45, 7) is 0.500. The first-order valence-corrected chi connectivity index (χ1v) is 5.73. The maximum Gasteiger partial charge on any atom is 0.329 e. The van der Waals surface area contributed by atoms with Crippen molar-refractivity contribution in [1.82, 2.24) is 9.55 Å². The van der Waals surface area contributed by atoms with Crippen molar-refractivity contribution in [2.75, 3.05) is 5.32 Å². The summed E-state index contributed by atoms with van der Waals surface area (Å²) in [5.41, 5.74) is 0.208. The van der Waals surface area contributed by atoms with Gasteiger partial charge in [-0.3, -0.25) is 14.3 Å². The van der Waals surface area contributed by atoms with Gasteiger partial charge in [-0.1, -0.05) is 23.7 Å². The summed E-state index contributed by atoms with van der Waals surface area (Å²) < 4.78 is 1.01. The van der Waals surface area contributed by atoms with Gasteiger partial charge in [-0.25, -0.2) is 4.79 Å². The number of benzene rings is 1. The lowest BCUT2D eigenvalue weighted by Gasteiger charge is -2.06. The fourth-order valence-corrected chi connectivity index (χ4v) is 1.58. The second-order valence-electron chi connectivity index (χ2n) is 3.87. The van der Waals surface area contributed by atoms with E-state index < -0.39 is 5.69 Å². The Kier molecular flexibility index (Phi) is 3.53. The fourth-order valence-electron chi connectivity index (χ4n) is 1.45. The summed E-state index contributed by atoms with van der Waals surface area (Å²) in [6, 6.07) is 8.65. The van der Waals surface area contributed by atoms with Gasteiger partial charge in [0, 0.05) is 24.7 Å². The Bertz CT molecular complexity index is 627. The monoisotopic (exact) mass is 265 g/mol. The molecule has 2 aromatic rings. The molecule has 5 nitrogen and oxygen atoms in total. The van der Waals surface area contributed by atoms with Gasteiger partial charge >= 0.3 is 5.69 Å². The normalized spacial score (nSPS) is 10.3. The molecule has 18 heavy (non-hydrogen) atoms. The average molecular weight is 266 g/mol. The molecule has 0 unspecified atom stereocenters. The molecule has 0 atom stereocenters. The van der Waals surface area contributed by atoms with E-state index >= 15 is 0 Å². The topological polar surface area (TPSA) is 66.9 Å². The van der Waals surface area contributed by atoms with Gasteiger partial charge in [0.05, 0.1) is 0 Å². The SMILES string of the molecule is Cn1c(=O)cc(NCc2ccc(Cl)cc2)[nH]c1=O. The lowest BCUT2D eigenvalue weighted by Crippen LogP contribution is -2.32. The number of H-pyrrole nitrogens is 1. The largest absolute Gasteiger partial charge is 0.367 e. The summed E-state index contributed by atoms with van der Waals surface area (Å²) in [7, 11) is 1.42. The highest BCUT2D eigenvalue weighted by molar-refractivity contribution is 6.30. The third kappa shape index (κ3) is 2.81. The fraction of sp³-hybridized carbons (Fsp3) is 0.167. The highest BCUT2D eigenvalue weighted by Crippen LogP contribution is 2.10. The summed E-state index contributed by atoms with van der Waals surface area (Å²) in [4.78, 5) is 25.3. The van der Waals surface area contributed by atoms with Crippen molar-refractivity contribution in [3.63, 3.8) is 0 Å². The smallest absolute Gasteiger partial charge is 0.329 e. The van der Waals surface area contributed by atoms with Crippen LogP contribution >= 0.6 is 11.6 Å². The molecule has 2 N–H and O–H groups in total. The molecule has 0 saturated heterocycles. The minimum absolute atomic E-state index is 0.350. The summed E-state index contributed by atoms with van der Waals surface area (Å²) in [5.74, 6) is 0.401. The molecular formula is C12H12ClN3O2. The quantitative estimate of drug-likeness (QED) is 0.880. The molecular weight excluding hydrogens is 254 g/mol. The van der Waals surface area contributed by atoms with Gasteiger partial charge < -0.3 is 5.32 Å². The van der Waals surface area contributed by atoms with Crippen molar-refractivity contribution in [2.45, 2.75) is 6.54 Å². The van der Waals surface area contributed by atoms with Crippen LogP contribution in [0.1, 0.15) is 5.56 Å². The molecule has 0 amide bonds. The first-order valence-electron chi connectivity index (χ1n) is 5.35. The maximum atomic E-state index is 11.4. The van der Waals surface area contributed by atoms with Crippen LogP contribution in [0.25, 0.3) is 0 Å². The minimum atomic E-state index is -0.443. The van der Waals surface area contributed by atoms with Crippen molar-refractivity contribution >= 4 is 17.4 Å². The van der Waals surface area contributed by atoms with E-state index in [9.17, 15) is 9.59 Å². The Hall–Kier alpha value is -2.01. The van der Waals surface area contributed by atoms with Crippen molar-refractivity contribution in [2.24, 2.45) is 7.05 Å². The van der Waals surface area contributed by atoms with Gasteiger partial charge in [0.25, 0.3) is 5.56 Å². The molecule has 0 aliphatic carbocycles. The van der Waals surface area contributed by atoms with Gasteiger partial charge in [-0.05, 0) is 17.7 Å². The van der Waals surface area contributed by atoms with E-state index in [1.807, 2.05) is 12.1 Å². The first kappa shape index (κ1) is 12.4. The summed E-state index contributed by atoms with van der Waals surface area (Å²) in [5, 5.41) is 3.64. The Balaban J connectivity index is 2.13. The second kappa shape index (κ2) is 5.10. The molecule has 0 aliphatic heterocycles. The van der Waals surface area contributed by atoms with Crippen LogP contribution in [-0.2, 0) is 13.6 Å². The molecule has 1 aromatic heterocycles. The van der Waals surface area contributed by atoms with E-state index in [2.05, 4.69) is 10.3 Å². The second-order valence-corrected chi connectivity index (χ2v) is 4.30. The van der Waals surface area contributed by atoms with Crippen LogP contribution < -0.4 is 16.6 Å². The molecule has 0 saturated carbocycles. The lowest BCUT2D eigenvalue weighted by atomic mass is 10.2. The van der Waals surface area contributed by atoms with Crippen molar-refractivity contribution < 1.29 is 0 Å². The highest BCUT2D eigenvalue weighted by Gasteiger charge is 2.00. The minimum Gasteiger partial charge on any atom is -0.367 e.